The zero-order chi connectivity index (χ0) is 12.3. The summed E-state index contributed by atoms with van der Waals surface area (Å²) in [5.74, 6) is 0.0816. The summed E-state index contributed by atoms with van der Waals surface area (Å²) in [6.07, 6.45) is 5.98. The molecule has 5 N–H and O–H groups in total. The molecule has 0 radical (unpaired) electrons. The lowest BCUT2D eigenvalue weighted by Crippen LogP contribution is -2.43. The zero-order valence-corrected chi connectivity index (χ0v) is 9.78. The lowest BCUT2D eigenvalue weighted by molar-refractivity contribution is 0.100. The van der Waals surface area contributed by atoms with E-state index in [0.29, 0.717) is 17.9 Å². The fourth-order valence-electron chi connectivity index (χ4n) is 2.39. The molecule has 1 fully saturated rings. The van der Waals surface area contributed by atoms with E-state index < -0.39 is 5.91 Å². The number of pyridine rings is 1. The van der Waals surface area contributed by atoms with Crippen molar-refractivity contribution in [2.75, 3.05) is 11.9 Å². The first-order valence-electron chi connectivity index (χ1n) is 5.90. The molecule has 1 aliphatic carbocycles. The standard InChI is InChI=1S/C12H18N4O/c13-8-12(5-1-2-6-12)16-11-9(10(14)17)4-3-7-15-11/h3-4,7H,1-2,5-6,8,13H2,(H2,14,17)(H,15,16). The second-order valence-electron chi connectivity index (χ2n) is 4.58. The van der Waals surface area contributed by atoms with E-state index in [1.54, 1.807) is 18.3 Å². The molecule has 0 spiro atoms. The molecule has 1 aromatic heterocycles. The summed E-state index contributed by atoms with van der Waals surface area (Å²) in [4.78, 5) is 15.5. The van der Waals surface area contributed by atoms with Gasteiger partial charge in [0.1, 0.15) is 5.82 Å². The molecule has 5 nitrogen and oxygen atoms in total. The molecule has 0 saturated heterocycles. The van der Waals surface area contributed by atoms with Crippen molar-refractivity contribution in [3.8, 4) is 0 Å². The Balaban J connectivity index is 2.26. The average molecular weight is 234 g/mol. The number of nitrogens with two attached hydrogens (primary N) is 2. The summed E-state index contributed by atoms with van der Waals surface area (Å²) in [6, 6.07) is 3.38. The molecular formula is C12H18N4O. The topological polar surface area (TPSA) is 94.0 Å². The Morgan fingerprint density at radius 2 is 2.18 bits per heavy atom. The Morgan fingerprint density at radius 1 is 1.47 bits per heavy atom. The van der Waals surface area contributed by atoms with Gasteiger partial charge in [0.05, 0.1) is 11.1 Å². The second kappa shape index (κ2) is 4.71. The Kier molecular flexibility index (Phi) is 3.28. The van der Waals surface area contributed by atoms with E-state index in [1.165, 1.54) is 0 Å². The normalized spacial score (nSPS) is 17.9. The number of aromatic nitrogens is 1. The third-order valence-electron chi connectivity index (χ3n) is 3.41. The number of nitrogens with one attached hydrogen (secondary N) is 1. The van der Waals surface area contributed by atoms with Crippen molar-refractivity contribution in [1.29, 1.82) is 0 Å². The van der Waals surface area contributed by atoms with Gasteiger partial charge in [0.25, 0.3) is 5.91 Å². The van der Waals surface area contributed by atoms with Crippen LogP contribution in [0, 0.1) is 0 Å². The van der Waals surface area contributed by atoms with Gasteiger partial charge >= 0.3 is 0 Å². The molecule has 1 saturated carbocycles. The van der Waals surface area contributed by atoms with E-state index in [4.69, 9.17) is 11.5 Å². The van der Waals surface area contributed by atoms with E-state index in [0.717, 1.165) is 25.7 Å². The maximum Gasteiger partial charge on any atom is 0.252 e. The van der Waals surface area contributed by atoms with Crippen molar-refractivity contribution in [2.45, 2.75) is 31.2 Å². The van der Waals surface area contributed by atoms with Crippen LogP contribution in [0.4, 0.5) is 5.82 Å². The highest BCUT2D eigenvalue weighted by Gasteiger charge is 2.33. The van der Waals surface area contributed by atoms with E-state index in [-0.39, 0.29) is 5.54 Å². The molecule has 0 aliphatic heterocycles. The number of rotatable bonds is 4. The molecule has 2 rings (SSSR count). The quantitative estimate of drug-likeness (QED) is 0.720. The third kappa shape index (κ3) is 2.39. The van der Waals surface area contributed by atoms with Crippen molar-refractivity contribution in [1.82, 2.24) is 4.98 Å². The first-order valence-corrected chi connectivity index (χ1v) is 5.90. The summed E-state index contributed by atoms with van der Waals surface area (Å²) in [7, 11) is 0. The SMILES string of the molecule is NCC1(Nc2ncccc2C(N)=O)CCCC1. The van der Waals surface area contributed by atoms with Crippen LogP contribution in [-0.2, 0) is 0 Å². The van der Waals surface area contributed by atoms with Gasteiger partial charge in [0, 0.05) is 12.7 Å². The molecule has 0 unspecified atom stereocenters. The molecule has 0 atom stereocenters. The predicted molar refractivity (Wildman–Crippen MR) is 66.6 cm³/mol. The fourth-order valence-corrected chi connectivity index (χ4v) is 2.39. The van der Waals surface area contributed by atoms with Gasteiger partial charge in [0.15, 0.2) is 0 Å². The molecular weight excluding hydrogens is 216 g/mol. The summed E-state index contributed by atoms with van der Waals surface area (Å²) >= 11 is 0. The Bertz CT molecular complexity index is 413. The van der Waals surface area contributed by atoms with Gasteiger partial charge in [0.2, 0.25) is 0 Å². The third-order valence-corrected chi connectivity index (χ3v) is 3.41. The van der Waals surface area contributed by atoms with Gasteiger partial charge < -0.3 is 16.8 Å². The number of primary amides is 1. The van der Waals surface area contributed by atoms with Crippen LogP contribution in [-0.4, -0.2) is 23.0 Å². The van der Waals surface area contributed by atoms with Gasteiger partial charge in [-0.3, -0.25) is 4.79 Å². The second-order valence-corrected chi connectivity index (χ2v) is 4.58. The number of carbonyl (C=O) groups is 1. The summed E-state index contributed by atoms with van der Waals surface area (Å²) < 4.78 is 0. The smallest absolute Gasteiger partial charge is 0.252 e. The average Bonchev–Trinajstić information content (AvgIpc) is 2.79. The van der Waals surface area contributed by atoms with Crippen molar-refractivity contribution in [3.05, 3.63) is 23.9 Å². The Hall–Kier alpha value is -1.62. The van der Waals surface area contributed by atoms with E-state index in [1.807, 2.05) is 0 Å². The van der Waals surface area contributed by atoms with Gasteiger partial charge in [-0.25, -0.2) is 4.98 Å². The highest BCUT2D eigenvalue weighted by atomic mass is 16.1. The van der Waals surface area contributed by atoms with Crippen LogP contribution in [0.1, 0.15) is 36.0 Å². The zero-order valence-electron chi connectivity index (χ0n) is 9.78. The monoisotopic (exact) mass is 234 g/mol. The van der Waals surface area contributed by atoms with Crippen LogP contribution < -0.4 is 16.8 Å². The highest BCUT2D eigenvalue weighted by molar-refractivity contribution is 5.97. The van der Waals surface area contributed by atoms with E-state index >= 15 is 0 Å². The van der Waals surface area contributed by atoms with Crippen molar-refractivity contribution >= 4 is 11.7 Å². The molecule has 0 aromatic carbocycles. The Labute approximate surface area is 101 Å². The summed E-state index contributed by atoms with van der Waals surface area (Å²) in [5, 5.41) is 3.32. The Morgan fingerprint density at radius 3 is 2.76 bits per heavy atom. The molecule has 1 aromatic rings. The fraction of sp³-hybridized carbons (Fsp3) is 0.500. The number of carbonyl (C=O) groups excluding carboxylic acids is 1. The molecule has 1 aliphatic rings. The van der Waals surface area contributed by atoms with Gasteiger partial charge in [-0.15, -0.1) is 0 Å². The van der Waals surface area contributed by atoms with E-state index in [9.17, 15) is 4.79 Å². The first kappa shape index (κ1) is 11.9. The van der Waals surface area contributed by atoms with Crippen LogP contribution in [0.2, 0.25) is 0 Å². The van der Waals surface area contributed by atoms with Crippen LogP contribution in [0.15, 0.2) is 18.3 Å². The van der Waals surface area contributed by atoms with Crippen LogP contribution >= 0.6 is 0 Å². The predicted octanol–water partition coefficient (Wildman–Crippen LogP) is 0.864. The van der Waals surface area contributed by atoms with E-state index in [2.05, 4.69) is 10.3 Å². The van der Waals surface area contributed by atoms with Crippen LogP contribution in [0.25, 0.3) is 0 Å². The van der Waals surface area contributed by atoms with Gasteiger partial charge in [-0.1, -0.05) is 12.8 Å². The molecule has 92 valence electrons. The minimum Gasteiger partial charge on any atom is -0.365 e. The molecule has 1 amide bonds. The van der Waals surface area contributed by atoms with Crippen molar-refractivity contribution < 1.29 is 4.79 Å². The summed E-state index contributed by atoms with van der Waals surface area (Å²) in [5.41, 5.74) is 11.5. The number of nitrogens with zero attached hydrogens (tertiary/aromatic N) is 1. The highest BCUT2D eigenvalue weighted by Crippen LogP contribution is 2.32. The largest absolute Gasteiger partial charge is 0.365 e. The molecule has 1 heterocycles. The maximum absolute atomic E-state index is 11.3. The minimum absolute atomic E-state index is 0.126. The van der Waals surface area contributed by atoms with Crippen LogP contribution in [0.5, 0.6) is 0 Å². The lowest BCUT2D eigenvalue weighted by atomic mass is 9.97. The van der Waals surface area contributed by atoms with Crippen LogP contribution in [0.3, 0.4) is 0 Å². The number of hydrogen-bond acceptors (Lipinski definition) is 4. The minimum atomic E-state index is -0.467. The molecule has 0 bridgehead atoms. The summed E-state index contributed by atoms with van der Waals surface area (Å²) in [6.45, 7) is 0.543. The molecule has 5 heteroatoms. The van der Waals surface area contributed by atoms with Gasteiger partial charge in [-0.05, 0) is 25.0 Å². The molecule has 17 heavy (non-hydrogen) atoms. The number of anilines is 1. The maximum atomic E-state index is 11.3. The van der Waals surface area contributed by atoms with Gasteiger partial charge in [-0.2, -0.15) is 0 Å². The van der Waals surface area contributed by atoms with Crippen molar-refractivity contribution in [2.24, 2.45) is 11.5 Å². The number of hydrogen-bond donors (Lipinski definition) is 3. The van der Waals surface area contributed by atoms with Crippen molar-refractivity contribution in [3.63, 3.8) is 0 Å². The lowest BCUT2D eigenvalue weighted by Gasteiger charge is -2.29. The number of amides is 1. The first-order chi connectivity index (χ1) is 8.17.